The second-order valence-electron chi connectivity index (χ2n) is 10.9. The van der Waals surface area contributed by atoms with E-state index in [0.717, 1.165) is 38.8 Å². The molecular formula is C24H34N2O. The Bertz CT molecular complexity index is 748. The molecule has 1 heterocycles. The number of likely N-dealkylation sites (tertiary alicyclic amines) is 1. The van der Waals surface area contributed by atoms with Crippen molar-refractivity contribution < 1.29 is 4.79 Å². The van der Waals surface area contributed by atoms with E-state index in [1.807, 2.05) is 0 Å². The van der Waals surface area contributed by atoms with E-state index in [-0.39, 0.29) is 16.9 Å². The predicted molar refractivity (Wildman–Crippen MR) is 108 cm³/mol. The van der Waals surface area contributed by atoms with Gasteiger partial charge in [0.1, 0.15) is 0 Å². The summed E-state index contributed by atoms with van der Waals surface area (Å²) in [6, 6.07) is 11.4. The first-order chi connectivity index (χ1) is 12.8. The number of nitrogens with two attached hydrogens (primary N) is 1. The number of benzene rings is 1. The van der Waals surface area contributed by atoms with Gasteiger partial charge in [0, 0.05) is 19.1 Å². The molecule has 1 amide bonds. The molecule has 1 aromatic carbocycles. The van der Waals surface area contributed by atoms with Crippen LogP contribution in [-0.2, 0) is 10.2 Å². The van der Waals surface area contributed by atoms with Crippen molar-refractivity contribution in [2.45, 2.75) is 70.3 Å². The topological polar surface area (TPSA) is 46.3 Å². The Morgan fingerprint density at radius 3 is 2.59 bits per heavy atom. The number of hydrogen-bond acceptors (Lipinski definition) is 2. The maximum atomic E-state index is 13.9. The third-order valence-corrected chi connectivity index (χ3v) is 8.45. The molecular weight excluding hydrogens is 332 g/mol. The maximum Gasteiger partial charge on any atom is 0.228 e. The van der Waals surface area contributed by atoms with Crippen LogP contribution in [0.15, 0.2) is 30.3 Å². The first-order valence-electron chi connectivity index (χ1n) is 10.9. The predicted octanol–water partition coefficient (Wildman–Crippen LogP) is 4.11. The summed E-state index contributed by atoms with van der Waals surface area (Å²) < 4.78 is 0. The van der Waals surface area contributed by atoms with Crippen molar-refractivity contribution in [3.05, 3.63) is 35.9 Å². The van der Waals surface area contributed by atoms with Gasteiger partial charge in [-0.25, -0.2) is 0 Å². The molecule has 1 aliphatic heterocycles. The largest absolute Gasteiger partial charge is 0.342 e. The van der Waals surface area contributed by atoms with E-state index in [4.69, 9.17) is 5.73 Å². The Labute approximate surface area is 163 Å². The molecule has 4 bridgehead atoms. The Morgan fingerprint density at radius 2 is 1.89 bits per heavy atom. The zero-order valence-corrected chi connectivity index (χ0v) is 16.9. The van der Waals surface area contributed by atoms with Crippen molar-refractivity contribution in [3.63, 3.8) is 0 Å². The number of nitrogens with zero attached hydrogens (tertiary/aromatic N) is 1. The summed E-state index contributed by atoms with van der Waals surface area (Å²) in [6.45, 7) is 6.37. The van der Waals surface area contributed by atoms with Gasteiger partial charge in [-0.3, -0.25) is 4.79 Å². The molecule has 0 radical (unpaired) electrons. The lowest BCUT2D eigenvalue weighted by atomic mass is 9.38. The summed E-state index contributed by atoms with van der Waals surface area (Å²) in [6.07, 6.45) is 8.09. The molecule has 1 aromatic rings. The van der Waals surface area contributed by atoms with E-state index in [2.05, 4.69) is 49.1 Å². The van der Waals surface area contributed by atoms with Crippen LogP contribution in [0.3, 0.4) is 0 Å². The van der Waals surface area contributed by atoms with Gasteiger partial charge in [-0.1, -0.05) is 44.2 Å². The van der Waals surface area contributed by atoms with Crippen LogP contribution in [0.25, 0.3) is 0 Å². The minimum atomic E-state index is -0.134. The lowest BCUT2D eigenvalue weighted by Gasteiger charge is -2.66. The molecule has 6 rings (SSSR count). The summed E-state index contributed by atoms with van der Waals surface area (Å²) in [5, 5.41) is 0. The minimum Gasteiger partial charge on any atom is -0.342 e. The highest BCUT2D eigenvalue weighted by molar-refractivity contribution is 5.84. The quantitative estimate of drug-likeness (QED) is 0.856. The van der Waals surface area contributed by atoms with Crippen LogP contribution >= 0.6 is 0 Å². The summed E-state index contributed by atoms with van der Waals surface area (Å²) in [5.74, 6) is 1.58. The Morgan fingerprint density at radius 1 is 1.11 bits per heavy atom. The van der Waals surface area contributed by atoms with Crippen LogP contribution < -0.4 is 5.73 Å². The van der Waals surface area contributed by atoms with Gasteiger partial charge < -0.3 is 10.6 Å². The summed E-state index contributed by atoms with van der Waals surface area (Å²) >= 11 is 0. The Hall–Kier alpha value is -1.35. The molecule has 6 atom stereocenters. The van der Waals surface area contributed by atoms with Gasteiger partial charge in [0.15, 0.2) is 0 Å². The molecule has 2 N–H and O–H groups in total. The highest BCUT2D eigenvalue weighted by Crippen LogP contribution is 2.70. The molecule has 4 aliphatic carbocycles. The fourth-order valence-corrected chi connectivity index (χ4v) is 7.96. The van der Waals surface area contributed by atoms with E-state index in [0.29, 0.717) is 23.2 Å². The molecule has 3 heteroatoms. The van der Waals surface area contributed by atoms with Crippen LogP contribution in [0.5, 0.6) is 0 Å². The standard InChI is InChI=1S/C24H34N2O/c1-17-13-26(9-8-20(17)25)21(27)24-12-18-10-22(2,15-24)14-23(11-18,16-24)19-6-4-3-5-7-19/h3-7,17-18,20H,8-16,25H2,1-2H3/t17?,18?,20?,22-,23-,24?/m1/s1. The fourth-order valence-electron chi connectivity index (χ4n) is 7.96. The second kappa shape index (κ2) is 5.83. The van der Waals surface area contributed by atoms with Crippen LogP contribution in [0.4, 0.5) is 0 Å². The van der Waals surface area contributed by atoms with Gasteiger partial charge in [0.25, 0.3) is 0 Å². The summed E-state index contributed by atoms with van der Waals surface area (Å²) in [7, 11) is 0. The van der Waals surface area contributed by atoms with Crippen molar-refractivity contribution in [1.29, 1.82) is 0 Å². The molecule has 4 saturated carbocycles. The number of carbonyl (C=O) groups is 1. The van der Waals surface area contributed by atoms with Crippen molar-refractivity contribution >= 4 is 5.91 Å². The fraction of sp³-hybridized carbons (Fsp3) is 0.708. The third-order valence-electron chi connectivity index (χ3n) is 8.45. The van der Waals surface area contributed by atoms with E-state index in [1.54, 1.807) is 0 Å². The van der Waals surface area contributed by atoms with Crippen molar-refractivity contribution in [1.82, 2.24) is 4.90 Å². The van der Waals surface area contributed by atoms with Crippen LogP contribution in [0.1, 0.15) is 64.4 Å². The average Bonchev–Trinajstić information content (AvgIpc) is 2.62. The van der Waals surface area contributed by atoms with Gasteiger partial charge in [0.2, 0.25) is 5.91 Å². The normalized spacial score (nSPS) is 45.9. The highest BCUT2D eigenvalue weighted by atomic mass is 16.2. The van der Waals surface area contributed by atoms with Crippen molar-refractivity contribution in [2.75, 3.05) is 13.1 Å². The molecule has 27 heavy (non-hydrogen) atoms. The van der Waals surface area contributed by atoms with E-state index < -0.39 is 0 Å². The molecule has 5 aliphatic rings. The van der Waals surface area contributed by atoms with Gasteiger partial charge in [-0.2, -0.15) is 0 Å². The van der Waals surface area contributed by atoms with Crippen LogP contribution in [0.2, 0.25) is 0 Å². The number of rotatable bonds is 2. The van der Waals surface area contributed by atoms with E-state index in [1.165, 1.54) is 24.8 Å². The van der Waals surface area contributed by atoms with Gasteiger partial charge in [0.05, 0.1) is 5.41 Å². The number of piperidine rings is 1. The molecule has 5 fully saturated rings. The molecule has 3 nitrogen and oxygen atoms in total. The highest BCUT2D eigenvalue weighted by Gasteiger charge is 2.65. The number of amides is 1. The number of carbonyl (C=O) groups excluding carboxylic acids is 1. The SMILES string of the molecule is CC1CN(C(=O)C23CC4C[C@@](C)(C2)C[C@](c2ccccc2)(C4)C3)CCC1N. The minimum absolute atomic E-state index is 0.134. The van der Waals surface area contributed by atoms with Crippen LogP contribution in [-0.4, -0.2) is 29.9 Å². The summed E-state index contributed by atoms with van der Waals surface area (Å²) in [4.78, 5) is 16.1. The van der Waals surface area contributed by atoms with Crippen LogP contribution in [0, 0.1) is 22.7 Å². The zero-order chi connectivity index (χ0) is 18.9. The van der Waals surface area contributed by atoms with E-state index >= 15 is 0 Å². The Kier molecular flexibility index (Phi) is 3.82. The zero-order valence-electron chi connectivity index (χ0n) is 16.9. The Balaban J connectivity index is 1.50. The lowest BCUT2D eigenvalue weighted by Crippen LogP contribution is -2.63. The number of hydrogen-bond donors (Lipinski definition) is 1. The third kappa shape index (κ3) is 2.68. The van der Waals surface area contributed by atoms with Crippen molar-refractivity contribution in [3.8, 4) is 0 Å². The average molecular weight is 367 g/mol. The molecule has 146 valence electrons. The van der Waals surface area contributed by atoms with Crippen molar-refractivity contribution in [2.24, 2.45) is 28.4 Å². The van der Waals surface area contributed by atoms with Gasteiger partial charge >= 0.3 is 0 Å². The molecule has 4 unspecified atom stereocenters. The molecule has 0 spiro atoms. The monoisotopic (exact) mass is 366 g/mol. The second-order valence-corrected chi connectivity index (χ2v) is 10.9. The lowest BCUT2D eigenvalue weighted by molar-refractivity contribution is -0.172. The van der Waals surface area contributed by atoms with Gasteiger partial charge in [-0.05, 0) is 73.2 Å². The smallest absolute Gasteiger partial charge is 0.228 e. The first kappa shape index (κ1) is 17.7. The molecule has 0 aromatic heterocycles. The first-order valence-corrected chi connectivity index (χ1v) is 10.9. The van der Waals surface area contributed by atoms with E-state index in [9.17, 15) is 4.79 Å². The summed E-state index contributed by atoms with van der Waals surface area (Å²) in [5.41, 5.74) is 8.10. The van der Waals surface area contributed by atoms with Gasteiger partial charge in [-0.15, -0.1) is 0 Å². The maximum absolute atomic E-state index is 13.9. The molecule has 1 saturated heterocycles.